The Labute approximate surface area is 184 Å². The maximum absolute atomic E-state index is 12.8. The zero-order valence-corrected chi connectivity index (χ0v) is 18.3. The van der Waals surface area contributed by atoms with Crippen molar-refractivity contribution in [3.8, 4) is 11.5 Å². The zero-order valence-electron chi connectivity index (χ0n) is 16.6. The highest BCUT2D eigenvalue weighted by Crippen LogP contribution is 2.34. The third kappa shape index (κ3) is 4.74. The third-order valence-corrected chi connectivity index (χ3v) is 5.70. The molecular formula is C21H20N2O5S2. The maximum atomic E-state index is 12.8. The molecule has 1 saturated heterocycles. The molecule has 9 heteroatoms. The third-order valence-electron chi connectivity index (χ3n) is 4.33. The molecule has 0 saturated carbocycles. The molecule has 0 radical (unpaired) electrons. The molecule has 0 aromatic heterocycles. The summed E-state index contributed by atoms with van der Waals surface area (Å²) in [6, 6.07) is 12.2. The Morgan fingerprint density at radius 3 is 2.43 bits per heavy atom. The van der Waals surface area contributed by atoms with Crippen LogP contribution in [0.3, 0.4) is 0 Å². The van der Waals surface area contributed by atoms with Crippen molar-refractivity contribution < 1.29 is 23.8 Å². The molecule has 1 amide bonds. The number of ether oxygens (including phenoxy) is 3. The lowest BCUT2D eigenvalue weighted by molar-refractivity contribution is -0.121. The van der Waals surface area contributed by atoms with Gasteiger partial charge in [-0.25, -0.2) is 4.79 Å². The highest BCUT2D eigenvalue weighted by Gasteiger charge is 2.31. The second-order valence-corrected chi connectivity index (χ2v) is 7.80. The number of esters is 1. The molecular weight excluding hydrogens is 424 g/mol. The number of carbonyl (C=O) groups is 2. The fourth-order valence-electron chi connectivity index (χ4n) is 2.74. The van der Waals surface area contributed by atoms with Crippen LogP contribution in [0.5, 0.6) is 11.5 Å². The van der Waals surface area contributed by atoms with Crippen molar-refractivity contribution >= 4 is 51.9 Å². The molecule has 1 heterocycles. The van der Waals surface area contributed by atoms with E-state index < -0.39 is 5.97 Å². The first kappa shape index (κ1) is 21.7. The van der Waals surface area contributed by atoms with Gasteiger partial charge < -0.3 is 19.5 Å². The second kappa shape index (κ2) is 9.64. The van der Waals surface area contributed by atoms with Crippen molar-refractivity contribution in [1.82, 2.24) is 4.90 Å². The molecule has 0 aliphatic carbocycles. The normalized spacial score (nSPS) is 14.8. The van der Waals surface area contributed by atoms with Gasteiger partial charge in [-0.05, 0) is 48.0 Å². The minimum atomic E-state index is -0.404. The number of nitrogens with one attached hydrogen (secondary N) is 1. The number of benzene rings is 2. The summed E-state index contributed by atoms with van der Waals surface area (Å²) < 4.78 is 15.7. The van der Waals surface area contributed by atoms with Gasteiger partial charge in [0.05, 0.1) is 38.5 Å². The number of methoxy groups -OCH3 is 3. The number of thioether (sulfide) groups is 1. The lowest BCUT2D eigenvalue weighted by Crippen LogP contribution is -2.33. The molecule has 0 bridgehead atoms. The van der Waals surface area contributed by atoms with E-state index in [1.165, 1.54) is 23.8 Å². The van der Waals surface area contributed by atoms with E-state index in [0.29, 0.717) is 26.3 Å². The van der Waals surface area contributed by atoms with Crippen molar-refractivity contribution in [3.05, 3.63) is 58.5 Å². The van der Waals surface area contributed by atoms with Gasteiger partial charge in [0.15, 0.2) is 11.5 Å². The molecule has 3 rings (SSSR count). The molecule has 1 aliphatic rings. The van der Waals surface area contributed by atoms with Crippen LogP contribution in [0.15, 0.2) is 47.4 Å². The number of hydrogen-bond donors (Lipinski definition) is 1. The molecule has 30 heavy (non-hydrogen) atoms. The predicted molar refractivity (Wildman–Crippen MR) is 121 cm³/mol. The Morgan fingerprint density at radius 1 is 1.10 bits per heavy atom. The number of carbonyl (C=O) groups excluding carboxylic acids is 2. The lowest BCUT2D eigenvalue weighted by Gasteiger charge is -2.16. The number of nitrogens with zero attached hydrogens (tertiary/aromatic N) is 1. The van der Waals surface area contributed by atoms with Crippen molar-refractivity contribution in [2.45, 2.75) is 0 Å². The van der Waals surface area contributed by atoms with Crippen molar-refractivity contribution in [2.24, 2.45) is 0 Å². The van der Waals surface area contributed by atoms with E-state index in [9.17, 15) is 9.59 Å². The molecule has 1 aliphatic heterocycles. The fraction of sp³-hybridized carbons (Fsp3) is 0.190. The first-order valence-corrected chi connectivity index (χ1v) is 10.1. The SMILES string of the molecule is COC(=O)c1ccc(NCN2C(=O)C(=Cc3ccc(OC)c(OC)c3)SC2=S)cc1. The molecule has 0 unspecified atom stereocenters. The Balaban J connectivity index is 1.69. The summed E-state index contributed by atoms with van der Waals surface area (Å²) in [6.07, 6.45) is 1.77. The molecule has 1 N–H and O–H groups in total. The molecule has 156 valence electrons. The monoisotopic (exact) mass is 444 g/mol. The summed E-state index contributed by atoms with van der Waals surface area (Å²) >= 11 is 6.61. The Morgan fingerprint density at radius 2 is 1.80 bits per heavy atom. The Hall–Kier alpha value is -3.04. The molecule has 7 nitrogen and oxygen atoms in total. The van der Waals surface area contributed by atoms with Crippen LogP contribution in [0.2, 0.25) is 0 Å². The largest absolute Gasteiger partial charge is 0.493 e. The van der Waals surface area contributed by atoms with Crippen LogP contribution in [-0.4, -0.2) is 49.1 Å². The Kier molecular flexibility index (Phi) is 6.96. The summed E-state index contributed by atoms with van der Waals surface area (Å²) in [6.45, 7) is 0.214. The number of thiocarbonyl (C=S) groups is 1. The molecule has 2 aromatic rings. The van der Waals surface area contributed by atoms with Gasteiger partial charge in [-0.2, -0.15) is 0 Å². The van der Waals surface area contributed by atoms with Crippen molar-refractivity contribution in [2.75, 3.05) is 33.3 Å². The number of amides is 1. The van der Waals surface area contributed by atoms with Crippen LogP contribution in [0.1, 0.15) is 15.9 Å². The first-order valence-electron chi connectivity index (χ1n) is 8.86. The van der Waals surface area contributed by atoms with Gasteiger partial charge in [-0.1, -0.05) is 30.0 Å². The van der Waals surface area contributed by atoms with E-state index in [0.717, 1.165) is 11.3 Å². The average Bonchev–Trinajstić information content (AvgIpc) is 3.04. The minimum Gasteiger partial charge on any atom is -0.493 e. The van der Waals surface area contributed by atoms with E-state index in [1.54, 1.807) is 56.7 Å². The van der Waals surface area contributed by atoms with Crippen LogP contribution in [0.4, 0.5) is 5.69 Å². The van der Waals surface area contributed by atoms with Gasteiger partial charge in [0, 0.05) is 5.69 Å². The van der Waals surface area contributed by atoms with E-state index in [4.69, 9.17) is 21.7 Å². The second-order valence-electron chi connectivity index (χ2n) is 6.13. The van der Waals surface area contributed by atoms with Crippen LogP contribution in [0.25, 0.3) is 6.08 Å². The maximum Gasteiger partial charge on any atom is 0.337 e. The number of anilines is 1. The van der Waals surface area contributed by atoms with Crippen molar-refractivity contribution in [1.29, 1.82) is 0 Å². The average molecular weight is 445 g/mol. The van der Waals surface area contributed by atoms with E-state index in [2.05, 4.69) is 10.1 Å². The number of hydrogen-bond acceptors (Lipinski definition) is 8. The van der Waals surface area contributed by atoms with Gasteiger partial charge >= 0.3 is 5.97 Å². The lowest BCUT2D eigenvalue weighted by atomic mass is 10.2. The van der Waals surface area contributed by atoms with E-state index in [1.807, 2.05) is 6.07 Å². The standard InChI is InChI=1S/C21H20N2O5S2/c1-26-16-9-4-13(10-17(16)27-2)11-18-19(24)23(21(29)30-18)12-22-15-7-5-14(6-8-15)20(25)28-3/h4-11,22H,12H2,1-3H3. The van der Waals surface area contributed by atoms with Gasteiger partial charge in [0.25, 0.3) is 5.91 Å². The van der Waals surface area contributed by atoms with Crippen LogP contribution < -0.4 is 14.8 Å². The summed E-state index contributed by atoms with van der Waals surface area (Å²) in [7, 11) is 4.46. The van der Waals surface area contributed by atoms with E-state index in [-0.39, 0.29) is 12.6 Å². The summed E-state index contributed by atoms with van der Waals surface area (Å²) in [5, 5.41) is 3.14. The highest BCUT2D eigenvalue weighted by molar-refractivity contribution is 8.26. The zero-order chi connectivity index (χ0) is 21.7. The van der Waals surface area contributed by atoms with Crippen LogP contribution in [-0.2, 0) is 9.53 Å². The Bertz CT molecular complexity index is 1000. The molecule has 1 fully saturated rings. The molecule has 0 atom stereocenters. The summed E-state index contributed by atoms with van der Waals surface area (Å²) in [4.78, 5) is 26.3. The molecule has 0 spiro atoms. The van der Waals surface area contributed by atoms with Gasteiger partial charge in [-0.15, -0.1) is 0 Å². The highest BCUT2D eigenvalue weighted by atomic mass is 32.2. The van der Waals surface area contributed by atoms with Gasteiger partial charge in [0.2, 0.25) is 0 Å². The van der Waals surface area contributed by atoms with Crippen molar-refractivity contribution in [3.63, 3.8) is 0 Å². The number of rotatable bonds is 7. The minimum absolute atomic E-state index is 0.182. The van der Waals surface area contributed by atoms with Crippen LogP contribution >= 0.6 is 24.0 Å². The molecule has 2 aromatic carbocycles. The van der Waals surface area contributed by atoms with E-state index >= 15 is 0 Å². The van der Waals surface area contributed by atoms with Gasteiger partial charge in [-0.3, -0.25) is 9.69 Å². The first-order chi connectivity index (χ1) is 14.5. The summed E-state index contributed by atoms with van der Waals surface area (Å²) in [5.41, 5.74) is 2.01. The fourth-order valence-corrected chi connectivity index (χ4v) is 4.00. The predicted octanol–water partition coefficient (Wildman–Crippen LogP) is 3.76. The smallest absolute Gasteiger partial charge is 0.337 e. The van der Waals surface area contributed by atoms with Gasteiger partial charge in [0.1, 0.15) is 4.32 Å². The topological polar surface area (TPSA) is 77.1 Å². The van der Waals surface area contributed by atoms with Crippen LogP contribution in [0, 0.1) is 0 Å². The summed E-state index contributed by atoms with van der Waals surface area (Å²) in [5.74, 6) is 0.612. The quantitative estimate of drug-likeness (QED) is 0.393.